The third-order valence-corrected chi connectivity index (χ3v) is 4.98. The summed E-state index contributed by atoms with van der Waals surface area (Å²) in [5.41, 5.74) is -3.96. The van der Waals surface area contributed by atoms with Gasteiger partial charge in [-0.3, -0.25) is 14.2 Å². The standard InChI is InChI=1S/C23H16F4N4O4/c24-17-5-1-2-6-18(17)31-22(34)30(13-14-7-9-15(10-8-14)23(25,26)27)21(33)19(29-31)20(32)28-12-16-4-3-11-35-16/h1-11H,12-13H2,(H,28,32). The fraction of sp³-hybridized carbons (Fsp3) is 0.130. The average Bonchev–Trinajstić information content (AvgIpc) is 3.34. The number of amides is 1. The Balaban J connectivity index is 1.78. The van der Waals surface area contributed by atoms with Gasteiger partial charge in [-0.1, -0.05) is 24.3 Å². The Morgan fingerprint density at radius 1 is 1.00 bits per heavy atom. The van der Waals surface area contributed by atoms with Crippen LogP contribution in [0, 0.1) is 5.82 Å². The van der Waals surface area contributed by atoms with Crippen molar-refractivity contribution < 1.29 is 26.8 Å². The van der Waals surface area contributed by atoms with Crippen molar-refractivity contribution in [3.63, 3.8) is 0 Å². The van der Waals surface area contributed by atoms with Gasteiger partial charge in [0.15, 0.2) is 0 Å². The lowest BCUT2D eigenvalue weighted by atomic mass is 10.1. The summed E-state index contributed by atoms with van der Waals surface area (Å²) in [4.78, 5) is 38.8. The molecule has 0 atom stereocenters. The highest BCUT2D eigenvalue weighted by Crippen LogP contribution is 2.29. The summed E-state index contributed by atoms with van der Waals surface area (Å²) in [6.07, 6.45) is -3.18. The van der Waals surface area contributed by atoms with E-state index in [1.54, 1.807) is 12.1 Å². The van der Waals surface area contributed by atoms with Crippen molar-refractivity contribution in [2.45, 2.75) is 19.3 Å². The van der Waals surface area contributed by atoms with Crippen LogP contribution in [0.5, 0.6) is 0 Å². The van der Waals surface area contributed by atoms with Crippen LogP contribution >= 0.6 is 0 Å². The fourth-order valence-electron chi connectivity index (χ4n) is 3.22. The lowest BCUT2D eigenvalue weighted by Gasteiger charge is -2.13. The van der Waals surface area contributed by atoms with Gasteiger partial charge >= 0.3 is 11.9 Å². The quantitative estimate of drug-likeness (QED) is 0.421. The van der Waals surface area contributed by atoms with Gasteiger partial charge in [0.05, 0.1) is 24.9 Å². The minimum absolute atomic E-state index is 0.0926. The Morgan fingerprint density at radius 3 is 2.34 bits per heavy atom. The van der Waals surface area contributed by atoms with Crippen molar-refractivity contribution in [3.8, 4) is 5.69 Å². The van der Waals surface area contributed by atoms with Gasteiger partial charge in [-0.2, -0.15) is 23.0 Å². The minimum Gasteiger partial charge on any atom is -0.467 e. The molecule has 0 aliphatic rings. The van der Waals surface area contributed by atoms with Gasteiger partial charge in [0.2, 0.25) is 5.69 Å². The molecule has 1 amide bonds. The van der Waals surface area contributed by atoms with Crippen LogP contribution in [-0.2, 0) is 19.3 Å². The number of hydrogen-bond acceptors (Lipinski definition) is 5. The molecular weight excluding hydrogens is 472 g/mol. The summed E-state index contributed by atoms with van der Waals surface area (Å²) in [6, 6.07) is 12.0. The van der Waals surface area contributed by atoms with Crippen molar-refractivity contribution in [2.24, 2.45) is 0 Å². The molecule has 8 nitrogen and oxygen atoms in total. The molecule has 0 fully saturated rings. The molecular formula is C23H16F4N4O4. The molecule has 0 bridgehead atoms. The summed E-state index contributed by atoms with van der Waals surface area (Å²) >= 11 is 0. The number of nitrogens with one attached hydrogen (secondary N) is 1. The molecule has 35 heavy (non-hydrogen) atoms. The number of hydrogen-bond donors (Lipinski definition) is 1. The highest BCUT2D eigenvalue weighted by atomic mass is 19.4. The number of carbonyl (C=O) groups excluding carboxylic acids is 1. The molecule has 0 spiro atoms. The van der Waals surface area contributed by atoms with Crippen LogP contribution < -0.4 is 16.6 Å². The molecule has 180 valence electrons. The number of carbonyl (C=O) groups is 1. The molecule has 4 rings (SSSR count). The zero-order valence-corrected chi connectivity index (χ0v) is 17.8. The Labute approximate surface area is 194 Å². The average molecular weight is 488 g/mol. The monoisotopic (exact) mass is 488 g/mol. The first-order chi connectivity index (χ1) is 16.6. The number of rotatable bonds is 6. The van der Waals surface area contributed by atoms with E-state index in [2.05, 4.69) is 10.4 Å². The molecule has 1 N–H and O–H groups in total. The van der Waals surface area contributed by atoms with Gasteiger partial charge in [-0.15, -0.1) is 0 Å². The van der Waals surface area contributed by atoms with Crippen LogP contribution in [-0.4, -0.2) is 20.3 Å². The zero-order valence-electron chi connectivity index (χ0n) is 17.8. The smallest absolute Gasteiger partial charge is 0.416 e. The van der Waals surface area contributed by atoms with Crippen molar-refractivity contribution in [2.75, 3.05) is 0 Å². The molecule has 0 aliphatic heterocycles. The summed E-state index contributed by atoms with van der Waals surface area (Å²) in [5.74, 6) is -1.42. The Kier molecular flexibility index (Phi) is 6.36. The summed E-state index contributed by atoms with van der Waals surface area (Å²) in [7, 11) is 0. The fourth-order valence-corrected chi connectivity index (χ4v) is 3.22. The normalized spacial score (nSPS) is 11.4. The summed E-state index contributed by atoms with van der Waals surface area (Å²) < 4.78 is 59.3. The van der Waals surface area contributed by atoms with Gasteiger partial charge in [-0.05, 0) is 42.0 Å². The lowest BCUT2D eigenvalue weighted by Crippen LogP contribution is -2.46. The molecule has 2 aromatic heterocycles. The number of para-hydroxylation sites is 1. The van der Waals surface area contributed by atoms with Crippen molar-refractivity contribution in [1.82, 2.24) is 19.7 Å². The molecule has 0 unspecified atom stereocenters. The Bertz CT molecular complexity index is 1470. The molecule has 0 radical (unpaired) electrons. The second-order valence-electron chi connectivity index (χ2n) is 7.34. The van der Waals surface area contributed by atoms with E-state index in [0.717, 1.165) is 30.3 Å². The number of furan rings is 1. The van der Waals surface area contributed by atoms with E-state index in [1.165, 1.54) is 24.5 Å². The lowest BCUT2D eigenvalue weighted by molar-refractivity contribution is -0.137. The van der Waals surface area contributed by atoms with Crippen LogP contribution in [0.1, 0.15) is 27.4 Å². The summed E-state index contributed by atoms with van der Waals surface area (Å²) in [5, 5.41) is 6.22. The Morgan fingerprint density at radius 2 is 1.71 bits per heavy atom. The third-order valence-electron chi connectivity index (χ3n) is 4.98. The van der Waals surface area contributed by atoms with E-state index < -0.39 is 47.0 Å². The number of halogens is 4. The zero-order chi connectivity index (χ0) is 25.2. The van der Waals surface area contributed by atoms with E-state index in [9.17, 15) is 31.9 Å². The van der Waals surface area contributed by atoms with E-state index in [0.29, 0.717) is 15.0 Å². The second-order valence-corrected chi connectivity index (χ2v) is 7.34. The first-order valence-electron chi connectivity index (χ1n) is 10.1. The van der Waals surface area contributed by atoms with Crippen LogP contribution in [0.25, 0.3) is 5.69 Å². The third kappa shape index (κ3) is 5.05. The number of alkyl halides is 3. The molecule has 2 aromatic carbocycles. The number of nitrogens with zero attached hydrogens (tertiary/aromatic N) is 3. The van der Waals surface area contributed by atoms with E-state index in [-0.39, 0.29) is 17.8 Å². The highest BCUT2D eigenvalue weighted by molar-refractivity contribution is 5.91. The SMILES string of the molecule is O=C(NCc1ccco1)c1nn(-c2ccccc2F)c(=O)n(Cc2ccc(C(F)(F)F)cc2)c1=O. The number of aromatic nitrogens is 3. The number of benzene rings is 2. The predicted molar refractivity (Wildman–Crippen MR) is 114 cm³/mol. The first-order valence-corrected chi connectivity index (χ1v) is 10.1. The van der Waals surface area contributed by atoms with Gasteiger partial charge < -0.3 is 9.73 Å². The summed E-state index contributed by atoms with van der Waals surface area (Å²) in [6.45, 7) is -0.573. The largest absolute Gasteiger partial charge is 0.467 e. The van der Waals surface area contributed by atoms with Gasteiger partial charge in [0.25, 0.3) is 11.5 Å². The molecule has 12 heteroatoms. The predicted octanol–water partition coefficient (Wildman–Crippen LogP) is 3.12. The van der Waals surface area contributed by atoms with Gasteiger partial charge in [0.1, 0.15) is 17.3 Å². The van der Waals surface area contributed by atoms with Gasteiger partial charge in [0, 0.05) is 0 Å². The van der Waals surface area contributed by atoms with E-state index in [1.807, 2.05) is 0 Å². The molecule has 2 heterocycles. The van der Waals surface area contributed by atoms with Crippen molar-refractivity contribution >= 4 is 5.91 Å². The minimum atomic E-state index is -4.57. The molecule has 0 saturated heterocycles. The maximum absolute atomic E-state index is 14.4. The highest BCUT2D eigenvalue weighted by Gasteiger charge is 2.30. The molecule has 4 aromatic rings. The first kappa shape index (κ1) is 23.7. The van der Waals surface area contributed by atoms with Crippen molar-refractivity contribution in [3.05, 3.63) is 116 Å². The molecule has 0 aliphatic carbocycles. The topological polar surface area (TPSA) is 99.1 Å². The van der Waals surface area contributed by atoms with Crippen molar-refractivity contribution in [1.29, 1.82) is 0 Å². The maximum Gasteiger partial charge on any atom is 0.416 e. The second kappa shape index (κ2) is 9.41. The molecule has 0 saturated carbocycles. The maximum atomic E-state index is 14.4. The van der Waals surface area contributed by atoms with Crippen LogP contribution in [0.15, 0.2) is 80.9 Å². The Hall–Kier alpha value is -4.48. The van der Waals surface area contributed by atoms with Crippen LogP contribution in [0.3, 0.4) is 0 Å². The van der Waals surface area contributed by atoms with Crippen LogP contribution in [0.2, 0.25) is 0 Å². The van der Waals surface area contributed by atoms with Gasteiger partial charge in [-0.25, -0.2) is 9.18 Å². The van der Waals surface area contributed by atoms with E-state index >= 15 is 0 Å². The van der Waals surface area contributed by atoms with E-state index in [4.69, 9.17) is 4.42 Å². The van der Waals surface area contributed by atoms with Crippen LogP contribution in [0.4, 0.5) is 17.6 Å².